The topological polar surface area (TPSA) is 18.5 Å². The van der Waals surface area contributed by atoms with Crippen LogP contribution in [0.2, 0.25) is 0 Å². The summed E-state index contributed by atoms with van der Waals surface area (Å²) in [5.74, 6) is 3.26. The van der Waals surface area contributed by atoms with Crippen molar-refractivity contribution in [1.82, 2.24) is 0 Å². The average molecular weight is 429 g/mol. The molecule has 0 amide bonds. The smallest absolute Gasteiger partial charge is 0.379 e. The van der Waals surface area contributed by atoms with E-state index in [1.807, 2.05) is 0 Å². The fourth-order valence-corrected chi connectivity index (χ4v) is 4.64. The highest BCUT2D eigenvalue weighted by Crippen LogP contribution is 2.44. The van der Waals surface area contributed by atoms with E-state index in [0.29, 0.717) is 5.25 Å². The van der Waals surface area contributed by atoms with Crippen LogP contribution in [-0.4, -0.2) is 25.6 Å². The molecule has 1 heterocycles. The summed E-state index contributed by atoms with van der Waals surface area (Å²) in [7, 11) is 0. The van der Waals surface area contributed by atoms with E-state index < -0.39 is 6.68 Å². The molecule has 0 N–H and O–H groups in total. The standard InChI is InChI=1S/C22H30O2S.CHF3/c1-3-5-13-23-17-9-10-18-20(16-17)19(22-8-7-15-25-22)11-12-21(18)24-14-6-4-2;2-1(3)4/h9-12,16,22H,3-8,13-15H2,1-2H3;1H. The van der Waals surface area contributed by atoms with Crippen LogP contribution >= 0.6 is 11.8 Å². The lowest BCUT2D eigenvalue weighted by Crippen LogP contribution is -2.00. The molecule has 3 rings (SSSR count). The van der Waals surface area contributed by atoms with Crippen molar-refractivity contribution in [2.24, 2.45) is 0 Å². The third-order valence-corrected chi connectivity index (χ3v) is 6.20. The molecule has 6 heteroatoms. The molecule has 0 spiro atoms. The van der Waals surface area contributed by atoms with Gasteiger partial charge in [-0.3, -0.25) is 0 Å². The van der Waals surface area contributed by atoms with Crippen LogP contribution in [0.5, 0.6) is 11.5 Å². The number of fused-ring (bicyclic) bond motifs is 1. The molecule has 2 aromatic rings. The highest BCUT2D eigenvalue weighted by atomic mass is 32.2. The van der Waals surface area contributed by atoms with Gasteiger partial charge in [0.15, 0.2) is 0 Å². The molecular formula is C23H31F3O2S. The van der Waals surface area contributed by atoms with E-state index in [-0.39, 0.29) is 0 Å². The Morgan fingerprint density at radius 1 is 0.966 bits per heavy atom. The molecule has 0 bridgehead atoms. The minimum absolute atomic E-state index is 0.609. The van der Waals surface area contributed by atoms with Gasteiger partial charge in [-0.25, -0.2) is 0 Å². The Labute approximate surface area is 176 Å². The molecular weight excluding hydrogens is 397 g/mol. The average Bonchev–Trinajstić information content (AvgIpc) is 3.22. The first kappa shape index (κ1) is 23.7. The van der Waals surface area contributed by atoms with Crippen molar-refractivity contribution in [3.8, 4) is 11.5 Å². The van der Waals surface area contributed by atoms with Gasteiger partial charge in [-0.15, -0.1) is 0 Å². The highest BCUT2D eigenvalue weighted by molar-refractivity contribution is 7.99. The minimum atomic E-state index is -3.67. The monoisotopic (exact) mass is 428 g/mol. The summed E-state index contributed by atoms with van der Waals surface area (Å²) in [6, 6.07) is 11.0. The van der Waals surface area contributed by atoms with Crippen molar-refractivity contribution < 1.29 is 22.6 Å². The first-order valence-electron chi connectivity index (χ1n) is 10.4. The largest absolute Gasteiger partial charge is 0.494 e. The summed E-state index contributed by atoms with van der Waals surface area (Å²) < 4.78 is 41.0. The van der Waals surface area contributed by atoms with Crippen molar-refractivity contribution in [2.45, 2.75) is 64.3 Å². The number of thioether (sulfide) groups is 1. The second-order valence-electron chi connectivity index (χ2n) is 7.01. The highest BCUT2D eigenvalue weighted by Gasteiger charge is 2.21. The van der Waals surface area contributed by atoms with Gasteiger partial charge in [0, 0.05) is 10.6 Å². The van der Waals surface area contributed by atoms with Crippen LogP contribution in [0.1, 0.15) is 63.2 Å². The molecule has 0 radical (unpaired) electrons. The Morgan fingerprint density at radius 3 is 2.28 bits per heavy atom. The molecule has 1 fully saturated rings. The normalized spacial score (nSPS) is 16.0. The fourth-order valence-electron chi connectivity index (χ4n) is 3.30. The fraction of sp³-hybridized carbons (Fsp3) is 0.565. The number of alkyl halides is 3. The zero-order valence-corrected chi connectivity index (χ0v) is 18.1. The van der Waals surface area contributed by atoms with Crippen LogP contribution in [0.3, 0.4) is 0 Å². The van der Waals surface area contributed by atoms with E-state index in [1.54, 1.807) is 0 Å². The van der Waals surface area contributed by atoms with Crippen LogP contribution in [0, 0.1) is 0 Å². The molecule has 0 aromatic heterocycles. The van der Waals surface area contributed by atoms with E-state index in [2.05, 4.69) is 55.9 Å². The third-order valence-electron chi connectivity index (χ3n) is 4.78. The number of ether oxygens (including phenoxy) is 2. The van der Waals surface area contributed by atoms with Crippen molar-refractivity contribution in [3.05, 3.63) is 35.9 Å². The molecule has 1 aliphatic rings. The maximum atomic E-state index is 9.67. The quantitative estimate of drug-likeness (QED) is 0.378. The lowest BCUT2D eigenvalue weighted by atomic mass is 9.99. The van der Waals surface area contributed by atoms with Gasteiger partial charge >= 0.3 is 6.68 Å². The Balaban J connectivity index is 0.000000687. The predicted octanol–water partition coefficient (Wildman–Crippen LogP) is 7.94. The van der Waals surface area contributed by atoms with Gasteiger partial charge in [-0.2, -0.15) is 24.9 Å². The molecule has 0 aliphatic carbocycles. The summed E-state index contributed by atoms with van der Waals surface area (Å²) in [5, 5.41) is 3.14. The molecule has 1 aliphatic heterocycles. The SMILES string of the molecule is CCCCOc1ccc2c(OCCCC)ccc(C3CCCS3)c2c1.FC(F)F. The summed E-state index contributed by atoms with van der Waals surface area (Å²) >= 11 is 2.08. The summed E-state index contributed by atoms with van der Waals surface area (Å²) in [6.45, 7) is 2.31. The minimum Gasteiger partial charge on any atom is -0.494 e. The Morgan fingerprint density at radius 2 is 1.66 bits per heavy atom. The maximum Gasteiger partial charge on any atom is 0.379 e. The molecule has 1 atom stereocenters. The van der Waals surface area contributed by atoms with Crippen molar-refractivity contribution in [2.75, 3.05) is 19.0 Å². The second kappa shape index (κ2) is 12.9. The van der Waals surface area contributed by atoms with Gasteiger partial charge in [0.05, 0.1) is 13.2 Å². The Kier molecular flexibility index (Phi) is 10.5. The number of halogens is 3. The van der Waals surface area contributed by atoms with Crippen LogP contribution in [0.4, 0.5) is 13.2 Å². The van der Waals surface area contributed by atoms with Crippen LogP contribution < -0.4 is 9.47 Å². The summed E-state index contributed by atoms with van der Waals surface area (Å²) in [4.78, 5) is 0. The van der Waals surface area contributed by atoms with E-state index >= 15 is 0 Å². The van der Waals surface area contributed by atoms with Gasteiger partial charge in [0.25, 0.3) is 0 Å². The second-order valence-corrected chi connectivity index (χ2v) is 8.32. The molecule has 2 nitrogen and oxygen atoms in total. The zero-order chi connectivity index (χ0) is 21.1. The van der Waals surface area contributed by atoms with Gasteiger partial charge in [0.2, 0.25) is 0 Å². The van der Waals surface area contributed by atoms with E-state index in [1.165, 1.54) is 34.9 Å². The van der Waals surface area contributed by atoms with Gasteiger partial charge in [0.1, 0.15) is 11.5 Å². The van der Waals surface area contributed by atoms with Crippen molar-refractivity contribution in [1.29, 1.82) is 0 Å². The molecule has 29 heavy (non-hydrogen) atoms. The van der Waals surface area contributed by atoms with Crippen LogP contribution in [0.25, 0.3) is 10.8 Å². The molecule has 0 saturated carbocycles. The molecule has 2 aromatic carbocycles. The maximum absolute atomic E-state index is 9.67. The number of hydrogen-bond donors (Lipinski definition) is 0. The third kappa shape index (κ3) is 7.65. The first-order chi connectivity index (χ1) is 14.1. The molecule has 1 saturated heterocycles. The molecule has 1 unspecified atom stereocenters. The van der Waals surface area contributed by atoms with E-state index in [9.17, 15) is 13.2 Å². The van der Waals surface area contributed by atoms with Crippen molar-refractivity contribution >= 4 is 22.5 Å². The van der Waals surface area contributed by atoms with Gasteiger partial charge in [-0.05, 0) is 66.7 Å². The first-order valence-corrected chi connectivity index (χ1v) is 11.5. The van der Waals surface area contributed by atoms with Gasteiger partial charge < -0.3 is 9.47 Å². The number of benzene rings is 2. The molecule has 162 valence electrons. The lowest BCUT2D eigenvalue weighted by Gasteiger charge is -2.17. The number of hydrogen-bond acceptors (Lipinski definition) is 3. The van der Waals surface area contributed by atoms with E-state index in [0.717, 1.165) is 50.4 Å². The van der Waals surface area contributed by atoms with Crippen LogP contribution in [0.15, 0.2) is 30.3 Å². The number of rotatable bonds is 9. The van der Waals surface area contributed by atoms with Crippen LogP contribution in [-0.2, 0) is 0 Å². The zero-order valence-electron chi connectivity index (χ0n) is 17.3. The van der Waals surface area contributed by atoms with Gasteiger partial charge in [-0.1, -0.05) is 32.8 Å². The van der Waals surface area contributed by atoms with Crippen molar-refractivity contribution in [3.63, 3.8) is 0 Å². The summed E-state index contributed by atoms with van der Waals surface area (Å²) in [5.41, 5.74) is 1.45. The van der Waals surface area contributed by atoms with E-state index in [4.69, 9.17) is 9.47 Å². The summed E-state index contributed by atoms with van der Waals surface area (Å²) in [6.07, 6.45) is 7.11. The Hall–Kier alpha value is -1.56. The predicted molar refractivity (Wildman–Crippen MR) is 116 cm³/mol. The number of unbranched alkanes of at least 4 members (excludes halogenated alkanes) is 2. The lowest BCUT2D eigenvalue weighted by molar-refractivity contribution is 0.00819. The Bertz CT molecular complexity index is 731.